The summed E-state index contributed by atoms with van der Waals surface area (Å²) >= 11 is 9.63. The number of nitro groups is 1. The van der Waals surface area contributed by atoms with Gasteiger partial charge < -0.3 is 9.47 Å². The van der Waals surface area contributed by atoms with Crippen molar-refractivity contribution in [2.75, 3.05) is 11.5 Å². The van der Waals surface area contributed by atoms with E-state index in [2.05, 4.69) is 21.2 Å². The Labute approximate surface area is 236 Å². The second-order valence-electron chi connectivity index (χ2n) is 8.37. The number of nitrogens with zero attached hydrogens (tertiary/aromatic N) is 2. The number of halogens is 2. The minimum Gasteiger partial charge on any atom is -0.490 e. The van der Waals surface area contributed by atoms with Crippen LogP contribution in [0.1, 0.15) is 23.6 Å². The third kappa shape index (κ3) is 6.10. The first-order valence-corrected chi connectivity index (χ1v) is 12.8. The van der Waals surface area contributed by atoms with E-state index < -0.39 is 22.8 Å². The topological polar surface area (TPSA) is 128 Å². The number of nitro benzene ring substituents is 1. The Balaban J connectivity index is 1.63. The molecule has 0 bridgehead atoms. The average molecular weight is 615 g/mol. The van der Waals surface area contributed by atoms with Crippen molar-refractivity contribution in [3.05, 3.63) is 96.5 Å². The molecule has 1 aliphatic rings. The number of nitrogens with one attached hydrogen (secondary N) is 1. The molecule has 1 fully saturated rings. The summed E-state index contributed by atoms with van der Waals surface area (Å²) in [6.07, 6.45) is 1.35. The summed E-state index contributed by atoms with van der Waals surface area (Å²) in [6, 6.07) is 13.0. The van der Waals surface area contributed by atoms with Crippen LogP contribution in [0.4, 0.5) is 16.2 Å². The SMILES string of the molecule is CCOc1cc(/C=C2/C(=O)NC(=O)N(c3ccc(C)c(Cl)c3)C2=O)cc(Br)c1OCc1ccc([N+](=O)[O-])cc1. The van der Waals surface area contributed by atoms with E-state index in [-0.39, 0.29) is 23.6 Å². The first-order chi connectivity index (χ1) is 18.6. The molecule has 0 saturated carbocycles. The number of hydrogen-bond acceptors (Lipinski definition) is 7. The molecule has 0 unspecified atom stereocenters. The average Bonchev–Trinajstić information content (AvgIpc) is 2.88. The number of anilines is 1. The minimum absolute atomic E-state index is 0.0284. The smallest absolute Gasteiger partial charge is 0.335 e. The van der Waals surface area contributed by atoms with Gasteiger partial charge in [-0.15, -0.1) is 0 Å². The van der Waals surface area contributed by atoms with Crippen LogP contribution < -0.4 is 19.7 Å². The number of benzene rings is 3. The van der Waals surface area contributed by atoms with E-state index in [9.17, 15) is 24.5 Å². The van der Waals surface area contributed by atoms with Crippen LogP contribution in [0.25, 0.3) is 6.08 Å². The molecule has 0 aliphatic carbocycles. The summed E-state index contributed by atoms with van der Waals surface area (Å²) in [4.78, 5) is 49.6. The fraction of sp³-hybridized carbons (Fsp3) is 0.148. The van der Waals surface area contributed by atoms with Crippen LogP contribution in [0, 0.1) is 17.0 Å². The van der Waals surface area contributed by atoms with Gasteiger partial charge in [-0.2, -0.15) is 0 Å². The van der Waals surface area contributed by atoms with Gasteiger partial charge in [0.25, 0.3) is 17.5 Å². The molecular weight excluding hydrogens is 594 g/mol. The van der Waals surface area contributed by atoms with E-state index in [4.69, 9.17) is 21.1 Å². The summed E-state index contributed by atoms with van der Waals surface area (Å²) in [5, 5.41) is 13.4. The fourth-order valence-corrected chi connectivity index (χ4v) is 4.47. The van der Waals surface area contributed by atoms with E-state index in [1.54, 1.807) is 50.2 Å². The van der Waals surface area contributed by atoms with Crippen LogP contribution >= 0.6 is 27.5 Å². The normalized spacial score (nSPS) is 14.4. The number of carbonyl (C=O) groups is 3. The van der Waals surface area contributed by atoms with Gasteiger partial charge in [0, 0.05) is 17.2 Å². The second-order valence-corrected chi connectivity index (χ2v) is 9.63. The maximum absolute atomic E-state index is 13.3. The van der Waals surface area contributed by atoms with Crippen molar-refractivity contribution >= 4 is 62.8 Å². The highest BCUT2D eigenvalue weighted by atomic mass is 79.9. The third-order valence-electron chi connectivity index (χ3n) is 5.69. The van der Waals surface area contributed by atoms with E-state index >= 15 is 0 Å². The lowest BCUT2D eigenvalue weighted by molar-refractivity contribution is -0.384. The van der Waals surface area contributed by atoms with Gasteiger partial charge in [0.05, 0.1) is 21.7 Å². The Hall–Kier alpha value is -4.22. The molecule has 3 aromatic rings. The number of hydrogen-bond donors (Lipinski definition) is 1. The fourth-order valence-electron chi connectivity index (χ4n) is 3.72. The number of urea groups is 1. The van der Waals surface area contributed by atoms with Gasteiger partial charge in [-0.25, -0.2) is 9.69 Å². The maximum atomic E-state index is 13.3. The molecule has 1 heterocycles. The summed E-state index contributed by atoms with van der Waals surface area (Å²) in [5.74, 6) is -0.950. The van der Waals surface area contributed by atoms with E-state index in [0.717, 1.165) is 10.5 Å². The Morgan fingerprint density at radius 1 is 1.08 bits per heavy atom. The number of aryl methyl sites for hydroxylation is 1. The van der Waals surface area contributed by atoms with Crippen LogP contribution in [0.15, 0.2) is 64.6 Å². The molecule has 1 N–H and O–H groups in total. The largest absolute Gasteiger partial charge is 0.490 e. The van der Waals surface area contributed by atoms with Crippen molar-refractivity contribution in [3.63, 3.8) is 0 Å². The van der Waals surface area contributed by atoms with Crippen molar-refractivity contribution in [1.29, 1.82) is 0 Å². The number of carbonyl (C=O) groups excluding carboxylic acids is 3. The van der Waals surface area contributed by atoms with Gasteiger partial charge in [-0.3, -0.25) is 25.0 Å². The quantitative estimate of drug-likeness (QED) is 0.143. The van der Waals surface area contributed by atoms with Crippen molar-refractivity contribution in [2.24, 2.45) is 0 Å². The molecule has 0 spiro atoms. The first-order valence-electron chi connectivity index (χ1n) is 11.6. The molecule has 1 aliphatic heterocycles. The molecule has 0 atom stereocenters. The van der Waals surface area contributed by atoms with Gasteiger partial charge in [0.1, 0.15) is 12.2 Å². The Bertz CT molecular complexity index is 1520. The lowest BCUT2D eigenvalue weighted by Gasteiger charge is -2.26. The highest BCUT2D eigenvalue weighted by Crippen LogP contribution is 2.38. The summed E-state index contributed by atoms with van der Waals surface area (Å²) < 4.78 is 12.1. The van der Waals surface area contributed by atoms with Gasteiger partial charge in [-0.05, 0) is 88.9 Å². The van der Waals surface area contributed by atoms with Crippen molar-refractivity contribution < 1.29 is 28.8 Å². The highest BCUT2D eigenvalue weighted by Gasteiger charge is 2.37. The molecule has 10 nitrogen and oxygen atoms in total. The number of imide groups is 2. The Morgan fingerprint density at radius 2 is 1.79 bits per heavy atom. The molecule has 3 aromatic carbocycles. The summed E-state index contributed by atoms with van der Waals surface area (Å²) in [6.45, 7) is 3.98. The van der Waals surface area contributed by atoms with Crippen LogP contribution in [-0.4, -0.2) is 29.4 Å². The van der Waals surface area contributed by atoms with Crippen LogP contribution in [0.3, 0.4) is 0 Å². The maximum Gasteiger partial charge on any atom is 0.335 e. The number of barbiturate groups is 1. The highest BCUT2D eigenvalue weighted by molar-refractivity contribution is 9.10. The van der Waals surface area contributed by atoms with Gasteiger partial charge in [0.15, 0.2) is 11.5 Å². The standard InChI is InChI=1S/C27H21BrClN3O7/c1-3-38-23-12-17(11-21(28)24(23)39-14-16-5-8-18(9-6-16)32(36)37)10-20-25(33)30-27(35)31(26(20)34)19-7-4-15(2)22(29)13-19/h4-13H,3,14H2,1-2H3,(H,30,33,35)/b20-10-. The second kappa shape index (κ2) is 11.7. The van der Waals surface area contributed by atoms with Gasteiger partial charge in [0.2, 0.25) is 0 Å². The van der Waals surface area contributed by atoms with Crippen molar-refractivity contribution in [1.82, 2.24) is 5.32 Å². The summed E-state index contributed by atoms with van der Waals surface area (Å²) in [7, 11) is 0. The number of ether oxygens (including phenoxy) is 2. The molecule has 1 saturated heterocycles. The number of rotatable bonds is 8. The Morgan fingerprint density at radius 3 is 2.44 bits per heavy atom. The zero-order chi connectivity index (χ0) is 28.3. The van der Waals surface area contributed by atoms with Crippen LogP contribution in [0.5, 0.6) is 11.5 Å². The minimum atomic E-state index is -0.881. The van der Waals surface area contributed by atoms with Crippen molar-refractivity contribution in [3.8, 4) is 11.5 Å². The molecule has 12 heteroatoms. The van der Waals surface area contributed by atoms with E-state index in [1.807, 2.05) is 0 Å². The van der Waals surface area contributed by atoms with Crippen LogP contribution in [0.2, 0.25) is 5.02 Å². The lowest BCUT2D eigenvalue weighted by Crippen LogP contribution is -2.54. The molecule has 4 rings (SSSR count). The molecule has 0 radical (unpaired) electrons. The number of non-ortho nitro benzene ring substituents is 1. The molecule has 4 amide bonds. The monoisotopic (exact) mass is 613 g/mol. The zero-order valence-electron chi connectivity index (χ0n) is 20.7. The van der Waals surface area contributed by atoms with Crippen molar-refractivity contribution in [2.45, 2.75) is 20.5 Å². The zero-order valence-corrected chi connectivity index (χ0v) is 23.0. The van der Waals surface area contributed by atoms with Gasteiger partial charge in [-0.1, -0.05) is 17.7 Å². The molecule has 0 aromatic heterocycles. The molecule has 200 valence electrons. The van der Waals surface area contributed by atoms with Crippen LogP contribution in [-0.2, 0) is 16.2 Å². The predicted molar refractivity (Wildman–Crippen MR) is 148 cm³/mol. The Kier molecular flexibility index (Phi) is 8.32. The number of amides is 4. The molecule has 39 heavy (non-hydrogen) atoms. The lowest BCUT2D eigenvalue weighted by atomic mass is 10.1. The predicted octanol–water partition coefficient (Wildman–Crippen LogP) is 5.96. The van der Waals surface area contributed by atoms with Gasteiger partial charge >= 0.3 is 6.03 Å². The first kappa shape index (κ1) is 27.8. The third-order valence-corrected chi connectivity index (χ3v) is 6.68. The van der Waals surface area contributed by atoms with E-state index in [1.165, 1.54) is 24.3 Å². The summed E-state index contributed by atoms with van der Waals surface area (Å²) in [5.41, 5.74) is 1.83. The van der Waals surface area contributed by atoms with E-state index in [0.29, 0.717) is 38.7 Å². The molecular formula is C27H21BrClN3O7.